The largest absolute Gasteiger partial charge is 0.482 e. The number of ether oxygens (including phenoxy) is 2. The van der Waals surface area contributed by atoms with Gasteiger partial charge in [-0.3, -0.25) is 9.59 Å². The maximum absolute atomic E-state index is 14.0. The summed E-state index contributed by atoms with van der Waals surface area (Å²) in [5, 5.41) is 3.44. The molecule has 5 rings (SSSR count). The first-order valence-corrected chi connectivity index (χ1v) is 12.3. The van der Waals surface area contributed by atoms with E-state index in [9.17, 15) is 9.59 Å². The molecule has 0 spiro atoms. The summed E-state index contributed by atoms with van der Waals surface area (Å²) < 4.78 is 10.9. The SMILES string of the molecule is COCCCN1C(=O)COc2ccc(N(C(=O)[C@H]3CNCC[C@@H]3c3ccccc3)C3CC3)cc21. The molecule has 0 aromatic heterocycles. The quantitative estimate of drug-likeness (QED) is 0.608. The Morgan fingerprint density at radius 1 is 1.18 bits per heavy atom. The molecule has 7 heteroatoms. The van der Waals surface area contributed by atoms with Crippen molar-refractivity contribution < 1.29 is 19.1 Å². The van der Waals surface area contributed by atoms with E-state index in [4.69, 9.17) is 9.47 Å². The molecule has 7 nitrogen and oxygen atoms in total. The molecule has 1 N–H and O–H groups in total. The first kappa shape index (κ1) is 22.9. The number of piperidine rings is 1. The lowest BCUT2D eigenvalue weighted by Gasteiger charge is -2.36. The van der Waals surface area contributed by atoms with E-state index in [1.54, 1.807) is 12.0 Å². The summed E-state index contributed by atoms with van der Waals surface area (Å²) in [7, 11) is 1.66. The van der Waals surface area contributed by atoms with E-state index in [-0.39, 0.29) is 36.3 Å². The van der Waals surface area contributed by atoms with Crippen molar-refractivity contribution in [3.8, 4) is 5.75 Å². The van der Waals surface area contributed by atoms with E-state index < -0.39 is 0 Å². The Hall–Kier alpha value is -2.90. The predicted molar refractivity (Wildman–Crippen MR) is 131 cm³/mol. The van der Waals surface area contributed by atoms with Crippen molar-refractivity contribution in [2.75, 3.05) is 49.8 Å². The van der Waals surface area contributed by atoms with E-state index in [0.717, 1.165) is 43.6 Å². The van der Waals surface area contributed by atoms with E-state index >= 15 is 0 Å². The van der Waals surface area contributed by atoms with E-state index in [0.29, 0.717) is 25.4 Å². The van der Waals surface area contributed by atoms with Gasteiger partial charge in [-0.1, -0.05) is 30.3 Å². The molecular formula is C27H33N3O4. The lowest BCUT2D eigenvalue weighted by atomic mass is 9.80. The number of methoxy groups -OCH3 is 1. The number of hydrogen-bond donors (Lipinski definition) is 1. The predicted octanol–water partition coefficient (Wildman–Crippen LogP) is 3.34. The Morgan fingerprint density at radius 2 is 2.00 bits per heavy atom. The van der Waals surface area contributed by atoms with Crippen LogP contribution in [0.5, 0.6) is 5.75 Å². The summed E-state index contributed by atoms with van der Waals surface area (Å²) in [4.78, 5) is 30.4. The second-order valence-electron chi connectivity index (χ2n) is 9.39. The number of benzene rings is 2. The van der Waals surface area contributed by atoms with Crippen LogP contribution >= 0.6 is 0 Å². The molecule has 2 fully saturated rings. The molecular weight excluding hydrogens is 430 g/mol. The molecule has 2 aromatic carbocycles. The van der Waals surface area contributed by atoms with Crippen molar-refractivity contribution in [2.24, 2.45) is 5.92 Å². The van der Waals surface area contributed by atoms with Crippen molar-refractivity contribution in [3.05, 3.63) is 54.1 Å². The van der Waals surface area contributed by atoms with Gasteiger partial charge < -0.3 is 24.6 Å². The number of fused-ring (bicyclic) bond motifs is 1. The highest BCUT2D eigenvalue weighted by atomic mass is 16.5. The van der Waals surface area contributed by atoms with Crippen LogP contribution in [0.15, 0.2) is 48.5 Å². The first-order valence-electron chi connectivity index (χ1n) is 12.3. The van der Waals surface area contributed by atoms with Crippen LogP contribution < -0.4 is 19.9 Å². The molecule has 34 heavy (non-hydrogen) atoms. The minimum atomic E-state index is -0.122. The van der Waals surface area contributed by atoms with E-state index in [1.165, 1.54) is 5.56 Å². The average Bonchev–Trinajstić information content (AvgIpc) is 3.71. The van der Waals surface area contributed by atoms with Crippen molar-refractivity contribution >= 4 is 23.2 Å². The number of amides is 2. The van der Waals surface area contributed by atoms with Gasteiger partial charge >= 0.3 is 0 Å². The smallest absolute Gasteiger partial charge is 0.265 e. The molecule has 3 aliphatic rings. The first-order chi connectivity index (χ1) is 16.7. The van der Waals surface area contributed by atoms with Crippen LogP contribution in [0.2, 0.25) is 0 Å². The molecule has 0 unspecified atom stereocenters. The van der Waals surface area contributed by atoms with Gasteiger partial charge in [0, 0.05) is 38.5 Å². The zero-order valence-corrected chi connectivity index (χ0v) is 19.7. The number of anilines is 2. The minimum Gasteiger partial charge on any atom is -0.482 e. The lowest BCUT2D eigenvalue weighted by Crippen LogP contribution is -2.47. The molecule has 1 saturated carbocycles. The Kier molecular flexibility index (Phi) is 6.83. The third-order valence-corrected chi connectivity index (χ3v) is 7.07. The van der Waals surface area contributed by atoms with Crippen molar-refractivity contribution in [1.82, 2.24) is 5.32 Å². The summed E-state index contributed by atoms with van der Waals surface area (Å²) in [5.74, 6) is 0.862. The Balaban J connectivity index is 1.44. The molecule has 180 valence electrons. The second kappa shape index (κ2) is 10.2. The average molecular weight is 464 g/mol. The summed E-state index contributed by atoms with van der Waals surface area (Å²) in [5.41, 5.74) is 2.82. The highest BCUT2D eigenvalue weighted by molar-refractivity contribution is 6.01. The van der Waals surface area contributed by atoms with Gasteiger partial charge in [0.2, 0.25) is 5.91 Å². The van der Waals surface area contributed by atoms with Crippen LogP contribution in [0, 0.1) is 5.92 Å². The fourth-order valence-corrected chi connectivity index (χ4v) is 5.20. The van der Waals surface area contributed by atoms with Crippen molar-refractivity contribution in [3.63, 3.8) is 0 Å². The van der Waals surface area contributed by atoms with Gasteiger partial charge in [-0.15, -0.1) is 0 Å². The maximum atomic E-state index is 14.0. The molecule has 0 bridgehead atoms. The van der Waals surface area contributed by atoms with Gasteiger partial charge in [0.1, 0.15) is 5.75 Å². The highest BCUT2D eigenvalue weighted by Gasteiger charge is 2.41. The van der Waals surface area contributed by atoms with Crippen molar-refractivity contribution in [1.29, 1.82) is 0 Å². The molecule has 2 aromatic rings. The normalized spacial score (nSPS) is 22.1. The standard InChI is InChI=1S/C27H33N3O4/c1-33-15-5-14-29-24-16-21(10-11-25(24)34-18-26(29)31)30(20-8-9-20)27(32)23-17-28-13-12-22(23)19-6-3-2-4-7-19/h2-4,6-7,10-11,16,20,22-23,28H,5,8-9,12-15,17-18H2,1H3/t22-,23+/m1/s1. The Labute approximate surface area is 201 Å². The Morgan fingerprint density at radius 3 is 2.76 bits per heavy atom. The fourth-order valence-electron chi connectivity index (χ4n) is 5.20. The highest BCUT2D eigenvalue weighted by Crippen LogP contribution is 2.41. The summed E-state index contributed by atoms with van der Waals surface area (Å²) in [6.07, 6.45) is 3.69. The molecule has 2 atom stereocenters. The maximum Gasteiger partial charge on any atom is 0.265 e. The number of nitrogens with zero attached hydrogens (tertiary/aromatic N) is 2. The monoisotopic (exact) mass is 463 g/mol. The second-order valence-corrected chi connectivity index (χ2v) is 9.39. The van der Waals surface area contributed by atoms with Gasteiger partial charge in [-0.25, -0.2) is 0 Å². The van der Waals surface area contributed by atoms with Crippen LogP contribution in [0.3, 0.4) is 0 Å². The summed E-state index contributed by atoms with van der Waals surface area (Å²) >= 11 is 0. The van der Waals surface area contributed by atoms with E-state index in [1.807, 2.05) is 29.2 Å². The topological polar surface area (TPSA) is 71.1 Å². The Bertz CT molecular complexity index is 1020. The van der Waals surface area contributed by atoms with Crippen LogP contribution in [0.1, 0.15) is 37.2 Å². The van der Waals surface area contributed by atoms with Crippen LogP contribution in [0.25, 0.3) is 0 Å². The molecule has 2 amide bonds. The van der Waals surface area contributed by atoms with Gasteiger partial charge in [-0.2, -0.15) is 0 Å². The number of nitrogens with one attached hydrogen (secondary N) is 1. The molecule has 0 radical (unpaired) electrons. The fraction of sp³-hybridized carbons (Fsp3) is 0.481. The summed E-state index contributed by atoms with van der Waals surface area (Å²) in [6.45, 7) is 2.78. The van der Waals surface area contributed by atoms with Gasteiger partial charge in [0.15, 0.2) is 6.61 Å². The molecule has 1 saturated heterocycles. The third kappa shape index (κ3) is 4.68. The zero-order valence-electron chi connectivity index (χ0n) is 19.7. The third-order valence-electron chi connectivity index (χ3n) is 7.07. The number of carbonyl (C=O) groups excluding carboxylic acids is 2. The van der Waals surface area contributed by atoms with Gasteiger partial charge in [0.25, 0.3) is 5.91 Å². The number of carbonyl (C=O) groups is 2. The van der Waals surface area contributed by atoms with Crippen LogP contribution in [-0.4, -0.2) is 57.8 Å². The lowest BCUT2D eigenvalue weighted by molar-refractivity contribution is -0.123. The molecule has 1 aliphatic carbocycles. The molecule has 2 heterocycles. The van der Waals surface area contributed by atoms with Gasteiger partial charge in [-0.05, 0) is 61.9 Å². The van der Waals surface area contributed by atoms with Gasteiger partial charge in [0.05, 0.1) is 11.6 Å². The minimum absolute atomic E-state index is 0.0388. The van der Waals surface area contributed by atoms with Crippen LogP contribution in [0.4, 0.5) is 11.4 Å². The summed E-state index contributed by atoms with van der Waals surface area (Å²) in [6, 6.07) is 16.4. The van der Waals surface area contributed by atoms with E-state index in [2.05, 4.69) is 29.6 Å². The zero-order chi connectivity index (χ0) is 23.5. The number of hydrogen-bond acceptors (Lipinski definition) is 5. The molecule has 2 aliphatic heterocycles. The van der Waals surface area contributed by atoms with Crippen LogP contribution in [-0.2, 0) is 14.3 Å². The van der Waals surface area contributed by atoms with Crippen molar-refractivity contribution in [2.45, 2.75) is 37.6 Å². The number of rotatable bonds is 8.